The molecule has 2 rings (SSSR count). The third kappa shape index (κ3) is 3.23. The number of hydrogen-bond acceptors (Lipinski definition) is 4. The van der Waals surface area contributed by atoms with Crippen LogP contribution in [0.4, 0.5) is 0 Å². The molecule has 4 heteroatoms. The number of piperazine rings is 1. The van der Waals surface area contributed by atoms with Crippen molar-refractivity contribution in [3.8, 4) is 0 Å². The van der Waals surface area contributed by atoms with E-state index in [4.69, 9.17) is 4.74 Å². The van der Waals surface area contributed by atoms with Crippen LogP contribution in [0, 0.1) is 5.92 Å². The number of rotatable bonds is 4. The van der Waals surface area contributed by atoms with Crippen LogP contribution in [0.1, 0.15) is 32.6 Å². The van der Waals surface area contributed by atoms with Crippen molar-refractivity contribution >= 4 is 5.97 Å². The van der Waals surface area contributed by atoms with Crippen LogP contribution >= 0.6 is 0 Å². The second-order valence-electron chi connectivity index (χ2n) is 5.57. The predicted molar refractivity (Wildman–Crippen MR) is 71.4 cm³/mol. The molecule has 2 heterocycles. The fraction of sp³-hybridized carbons (Fsp3) is 0.929. The molecule has 18 heavy (non-hydrogen) atoms. The zero-order valence-corrected chi connectivity index (χ0v) is 11.7. The second-order valence-corrected chi connectivity index (χ2v) is 5.57. The van der Waals surface area contributed by atoms with Crippen LogP contribution in [0.3, 0.4) is 0 Å². The van der Waals surface area contributed by atoms with Crippen LogP contribution in [-0.2, 0) is 9.53 Å². The fourth-order valence-electron chi connectivity index (χ4n) is 3.23. The van der Waals surface area contributed by atoms with Crippen LogP contribution in [0.2, 0.25) is 0 Å². The van der Waals surface area contributed by atoms with Gasteiger partial charge in [-0.3, -0.25) is 14.6 Å². The molecule has 104 valence electrons. The Morgan fingerprint density at radius 3 is 2.89 bits per heavy atom. The first kappa shape index (κ1) is 13.8. The Balaban J connectivity index is 1.84. The summed E-state index contributed by atoms with van der Waals surface area (Å²) in [6, 6.07) is 0.725. The molecule has 0 radical (unpaired) electrons. The van der Waals surface area contributed by atoms with Crippen molar-refractivity contribution in [3.63, 3.8) is 0 Å². The Hall–Kier alpha value is -0.610. The van der Waals surface area contributed by atoms with Crippen molar-refractivity contribution in [1.29, 1.82) is 0 Å². The minimum absolute atomic E-state index is 0.0464. The van der Waals surface area contributed by atoms with Gasteiger partial charge in [0, 0.05) is 32.2 Å². The molecule has 0 spiro atoms. The van der Waals surface area contributed by atoms with Crippen LogP contribution in [-0.4, -0.2) is 61.6 Å². The van der Waals surface area contributed by atoms with E-state index in [1.807, 2.05) is 0 Å². The van der Waals surface area contributed by atoms with E-state index in [-0.39, 0.29) is 11.9 Å². The minimum atomic E-state index is -0.0522. The van der Waals surface area contributed by atoms with Crippen LogP contribution < -0.4 is 0 Å². The number of methoxy groups -OCH3 is 1. The maximum Gasteiger partial charge on any atom is 0.309 e. The summed E-state index contributed by atoms with van der Waals surface area (Å²) in [6.45, 7) is 7.61. The average Bonchev–Trinajstić information content (AvgIpc) is 2.43. The smallest absolute Gasteiger partial charge is 0.309 e. The SMILES string of the molecule is CCC(CN1CCN2CCCCC2C1)C(=O)OC. The van der Waals surface area contributed by atoms with Crippen LogP contribution in [0.15, 0.2) is 0 Å². The molecule has 0 N–H and O–H groups in total. The molecular formula is C14H26N2O2. The highest BCUT2D eigenvalue weighted by molar-refractivity contribution is 5.72. The van der Waals surface area contributed by atoms with Gasteiger partial charge in [0.15, 0.2) is 0 Å². The van der Waals surface area contributed by atoms with Crippen molar-refractivity contribution in [2.75, 3.05) is 39.8 Å². The lowest BCUT2D eigenvalue weighted by Gasteiger charge is -2.44. The van der Waals surface area contributed by atoms with E-state index in [9.17, 15) is 4.79 Å². The summed E-state index contributed by atoms with van der Waals surface area (Å²) in [6.07, 6.45) is 4.92. The van der Waals surface area contributed by atoms with Gasteiger partial charge in [-0.25, -0.2) is 0 Å². The molecule has 2 aliphatic heterocycles. The van der Waals surface area contributed by atoms with E-state index in [1.165, 1.54) is 39.5 Å². The molecule has 4 nitrogen and oxygen atoms in total. The van der Waals surface area contributed by atoms with Crippen molar-refractivity contribution in [2.45, 2.75) is 38.6 Å². The van der Waals surface area contributed by atoms with Gasteiger partial charge in [0.25, 0.3) is 0 Å². The standard InChI is InChI=1S/C14H26N2O2/c1-3-12(14(17)18-2)10-15-8-9-16-7-5-4-6-13(16)11-15/h12-13H,3-11H2,1-2H3. The van der Waals surface area contributed by atoms with E-state index < -0.39 is 0 Å². The molecule has 0 bridgehead atoms. The Kier molecular flexibility index (Phi) is 5.01. The number of carbonyl (C=O) groups excluding carboxylic acids is 1. The zero-order valence-electron chi connectivity index (χ0n) is 11.7. The van der Waals surface area contributed by atoms with Crippen molar-refractivity contribution < 1.29 is 9.53 Å². The highest BCUT2D eigenvalue weighted by atomic mass is 16.5. The Labute approximate surface area is 110 Å². The van der Waals surface area contributed by atoms with Gasteiger partial charge in [0.05, 0.1) is 13.0 Å². The van der Waals surface area contributed by atoms with E-state index in [0.29, 0.717) is 0 Å². The first-order valence-corrected chi connectivity index (χ1v) is 7.28. The lowest BCUT2D eigenvalue weighted by Crippen LogP contribution is -2.55. The molecule has 0 aromatic carbocycles. The summed E-state index contributed by atoms with van der Waals surface area (Å²) in [5.74, 6) is -0.00582. The molecule has 2 fully saturated rings. The molecule has 0 aliphatic carbocycles. The second kappa shape index (κ2) is 6.53. The number of nitrogens with zero attached hydrogens (tertiary/aromatic N) is 2. The number of carbonyl (C=O) groups is 1. The lowest BCUT2D eigenvalue weighted by atomic mass is 9.98. The monoisotopic (exact) mass is 254 g/mol. The largest absolute Gasteiger partial charge is 0.469 e. The van der Waals surface area contributed by atoms with Gasteiger partial charge in [0.2, 0.25) is 0 Å². The maximum atomic E-state index is 11.6. The first-order chi connectivity index (χ1) is 8.74. The summed E-state index contributed by atoms with van der Waals surface area (Å²) in [5.41, 5.74) is 0. The maximum absolute atomic E-state index is 11.6. The minimum Gasteiger partial charge on any atom is -0.469 e. The Morgan fingerprint density at radius 2 is 2.17 bits per heavy atom. The average molecular weight is 254 g/mol. The van der Waals surface area contributed by atoms with Gasteiger partial charge >= 0.3 is 5.97 Å². The summed E-state index contributed by atoms with van der Waals surface area (Å²) < 4.78 is 4.88. The summed E-state index contributed by atoms with van der Waals surface area (Å²) in [4.78, 5) is 16.7. The number of hydrogen-bond donors (Lipinski definition) is 0. The van der Waals surface area contributed by atoms with Gasteiger partial charge in [-0.05, 0) is 25.8 Å². The normalized spacial score (nSPS) is 27.6. The van der Waals surface area contributed by atoms with Crippen molar-refractivity contribution in [2.24, 2.45) is 5.92 Å². The molecular weight excluding hydrogens is 228 g/mol. The highest BCUT2D eigenvalue weighted by Gasteiger charge is 2.30. The summed E-state index contributed by atoms with van der Waals surface area (Å²) >= 11 is 0. The van der Waals surface area contributed by atoms with E-state index in [1.54, 1.807) is 0 Å². The fourth-order valence-corrected chi connectivity index (χ4v) is 3.23. The van der Waals surface area contributed by atoms with E-state index in [2.05, 4.69) is 16.7 Å². The van der Waals surface area contributed by atoms with E-state index in [0.717, 1.165) is 32.1 Å². The molecule has 0 amide bonds. The zero-order chi connectivity index (χ0) is 13.0. The van der Waals surface area contributed by atoms with Crippen LogP contribution in [0.5, 0.6) is 0 Å². The lowest BCUT2D eigenvalue weighted by molar-refractivity contribution is -0.146. The number of esters is 1. The molecule has 2 saturated heterocycles. The number of ether oxygens (including phenoxy) is 1. The van der Waals surface area contributed by atoms with Gasteiger partial charge in [-0.2, -0.15) is 0 Å². The summed E-state index contributed by atoms with van der Waals surface area (Å²) in [5, 5.41) is 0. The predicted octanol–water partition coefficient (Wildman–Crippen LogP) is 1.36. The summed E-state index contributed by atoms with van der Waals surface area (Å²) in [7, 11) is 1.49. The van der Waals surface area contributed by atoms with Crippen LogP contribution in [0.25, 0.3) is 0 Å². The van der Waals surface area contributed by atoms with Gasteiger partial charge in [-0.15, -0.1) is 0 Å². The Bertz CT molecular complexity index is 283. The van der Waals surface area contributed by atoms with Gasteiger partial charge < -0.3 is 4.74 Å². The number of fused-ring (bicyclic) bond motifs is 1. The third-order valence-corrected chi connectivity index (χ3v) is 4.43. The van der Waals surface area contributed by atoms with Crippen molar-refractivity contribution in [3.05, 3.63) is 0 Å². The van der Waals surface area contributed by atoms with E-state index >= 15 is 0 Å². The first-order valence-electron chi connectivity index (χ1n) is 7.28. The number of piperidine rings is 1. The topological polar surface area (TPSA) is 32.8 Å². The molecule has 0 aromatic heterocycles. The molecule has 2 aliphatic rings. The van der Waals surface area contributed by atoms with Crippen molar-refractivity contribution in [1.82, 2.24) is 9.80 Å². The molecule has 2 unspecified atom stereocenters. The molecule has 2 atom stereocenters. The Morgan fingerprint density at radius 1 is 1.33 bits per heavy atom. The highest BCUT2D eigenvalue weighted by Crippen LogP contribution is 2.22. The molecule has 0 saturated carbocycles. The molecule has 0 aromatic rings. The van der Waals surface area contributed by atoms with Gasteiger partial charge in [0.1, 0.15) is 0 Å². The third-order valence-electron chi connectivity index (χ3n) is 4.43. The van der Waals surface area contributed by atoms with Gasteiger partial charge in [-0.1, -0.05) is 13.3 Å². The quantitative estimate of drug-likeness (QED) is 0.709.